The van der Waals surface area contributed by atoms with Gasteiger partial charge in [0.15, 0.2) is 0 Å². The van der Waals surface area contributed by atoms with Crippen LogP contribution in [0.1, 0.15) is 93.5 Å². The van der Waals surface area contributed by atoms with Gasteiger partial charge in [-0.2, -0.15) is 0 Å². The molecule has 2 aromatic carbocycles. The van der Waals surface area contributed by atoms with Crippen LogP contribution >= 0.6 is 0 Å². The Hall–Kier alpha value is -2.86. The Morgan fingerprint density at radius 2 is 1.61 bits per heavy atom. The fraction of sp³-hybridized carbons (Fsp3) is 0.562. The Balaban J connectivity index is 1.41. The first kappa shape index (κ1) is 28.2. The standard InChI is InChI=1S/C32H46N4O2/c1-2-3-4-5-12-17-31(37)33-28-18-19-30(29(24-28)32(38)34-27-15-10-7-11-16-27)36-22-20-35(21-23-36)25-26-13-8-6-9-14-26/h6,8-9,13-14,18-19,24,27H,2-5,7,10-12,15-17,20-23,25H2,1H3,(H,33,37)(H,34,38). The van der Waals surface area contributed by atoms with Gasteiger partial charge in [0.25, 0.3) is 5.91 Å². The highest BCUT2D eigenvalue weighted by atomic mass is 16.2. The lowest BCUT2D eigenvalue weighted by molar-refractivity contribution is -0.116. The maximum absolute atomic E-state index is 13.5. The molecule has 1 saturated carbocycles. The zero-order valence-corrected chi connectivity index (χ0v) is 23.2. The molecule has 2 aliphatic rings. The molecule has 6 nitrogen and oxygen atoms in total. The van der Waals surface area contributed by atoms with Crippen molar-refractivity contribution < 1.29 is 9.59 Å². The van der Waals surface area contributed by atoms with Gasteiger partial charge in [0, 0.05) is 56.6 Å². The second-order valence-corrected chi connectivity index (χ2v) is 11.0. The first-order chi connectivity index (χ1) is 18.6. The Morgan fingerprint density at radius 3 is 2.34 bits per heavy atom. The molecule has 0 spiro atoms. The first-order valence-electron chi connectivity index (χ1n) is 14.9. The largest absolute Gasteiger partial charge is 0.368 e. The summed E-state index contributed by atoms with van der Waals surface area (Å²) in [4.78, 5) is 30.9. The van der Waals surface area contributed by atoms with E-state index in [-0.39, 0.29) is 17.9 Å². The minimum Gasteiger partial charge on any atom is -0.368 e. The smallest absolute Gasteiger partial charge is 0.253 e. The van der Waals surface area contributed by atoms with Crippen molar-refractivity contribution in [2.45, 2.75) is 90.1 Å². The molecule has 2 N–H and O–H groups in total. The van der Waals surface area contributed by atoms with Crippen LogP contribution in [0.25, 0.3) is 0 Å². The summed E-state index contributed by atoms with van der Waals surface area (Å²) < 4.78 is 0. The molecule has 1 saturated heterocycles. The number of nitrogens with one attached hydrogen (secondary N) is 2. The van der Waals surface area contributed by atoms with Crippen LogP contribution in [0.5, 0.6) is 0 Å². The summed E-state index contributed by atoms with van der Waals surface area (Å²) in [6.45, 7) is 6.81. The van der Waals surface area contributed by atoms with Crippen molar-refractivity contribution >= 4 is 23.2 Å². The lowest BCUT2D eigenvalue weighted by atomic mass is 9.95. The van der Waals surface area contributed by atoms with Gasteiger partial charge in [0.2, 0.25) is 5.91 Å². The number of rotatable bonds is 12. The van der Waals surface area contributed by atoms with Crippen molar-refractivity contribution in [1.82, 2.24) is 10.2 Å². The van der Waals surface area contributed by atoms with E-state index >= 15 is 0 Å². The minimum absolute atomic E-state index is 0.0192. The van der Waals surface area contributed by atoms with Gasteiger partial charge in [-0.05, 0) is 43.0 Å². The van der Waals surface area contributed by atoms with E-state index in [0.717, 1.165) is 64.1 Å². The van der Waals surface area contributed by atoms with Crippen LogP contribution in [0.4, 0.5) is 11.4 Å². The van der Waals surface area contributed by atoms with E-state index in [0.29, 0.717) is 17.7 Å². The number of piperazine rings is 1. The molecule has 0 radical (unpaired) electrons. The average Bonchev–Trinajstić information content (AvgIpc) is 2.94. The highest BCUT2D eigenvalue weighted by molar-refractivity contribution is 6.02. The molecule has 0 aromatic heterocycles. The second kappa shape index (κ2) is 14.9. The second-order valence-electron chi connectivity index (χ2n) is 11.0. The Kier molecular flexibility index (Phi) is 11.1. The van der Waals surface area contributed by atoms with Gasteiger partial charge < -0.3 is 15.5 Å². The van der Waals surface area contributed by atoms with Gasteiger partial charge >= 0.3 is 0 Å². The maximum atomic E-state index is 13.5. The fourth-order valence-corrected chi connectivity index (χ4v) is 5.68. The zero-order chi connectivity index (χ0) is 26.6. The molecule has 0 atom stereocenters. The van der Waals surface area contributed by atoms with Crippen molar-refractivity contribution in [3.63, 3.8) is 0 Å². The predicted octanol–water partition coefficient (Wildman–Crippen LogP) is 6.37. The Bertz CT molecular complexity index is 1010. The van der Waals surface area contributed by atoms with Gasteiger partial charge in [-0.25, -0.2) is 0 Å². The summed E-state index contributed by atoms with van der Waals surface area (Å²) in [5.74, 6) is 0.0108. The number of anilines is 2. The molecule has 2 fully saturated rings. The van der Waals surface area contributed by atoms with Crippen molar-refractivity contribution in [2.75, 3.05) is 36.4 Å². The van der Waals surface area contributed by atoms with Crippen LogP contribution in [0.15, 0.2) is 48.5 Å². The molecule has 6 heteroatoms. The number of carbonyl (C=O) groups is 2. The summed E-state index contributed by atoms with van der Waals surface area (Å²) in [7, 11) is 0. The molecular weight excluding hydrogens is 472 g/mol. The highest BCUT2D eigenvalue weighted by Crippen LogP contribution is 2.27. The number of benzene rings is 2. The molecule has 206 valence electrons. The number of carbonyl (C=O) groups excluding carboxylic acids is 2. The van der Waals surface area contributed by atoms with E-state index in [1.807, 2.05) is 18.2 Å². The van der Waals surface area contributed by atoms with Gasteiger partial charge in [-0.15, -0.1) is 0 Å². The molecule has 38 heavy (non-hydrogen) atoms. The van der Waals surface area contributed by atoms with Crippen LogP contribution in [0, 0.1) is 0 Å². The topological polar surface area (TPSA) is 64.7 Å². The van der Waals surface area contributed by atoms with E-state index in [4.69, 9.17) is 0 Å². The van der Waals surface area contributed by atoms with Crippen LogP contribution in [0.3, 0.4) is 0 Å². The summed E-state index contributed by atoms with van der Waals surface area (Å²) >= 11 is 0. The summed E-state index contributed by atoms with van der Waals surface area (Å²) in [5, 5.41) is 6.35. The van der Waals surface area contributed by atoms with Crippen molar-refractivity contribution in [2.24, 2.45) is 0 Å². The summed E-state index contributed by atoms with van der Waals surface area (Å²) in [5.41, 5.74) is 3.69. The maximum Gasteiger partial charge on any atom is 0.253 e. The van der Waals surface area contributed by atoms with E-state index in [1.54, 1.807) is 0 Å². The fourth-order valence-electron chi connectivity index (χ4n) is 5.68. The third-order valence-corrected chi connectivity index (χ3v) is 7.93. The SMILES string of the molecule is CCCCCCCC(=O)Nc1ccc(N2CCN(Cc3ccccc3)CC2)c(C(=O)NC2CCCCC2)c1. The Morgan fingerprint density at radius 1 is 0.868 bits per heavy atom. The van der Waals surface area contributed by atoms with Crippen LogP contribution in [-0.2, 0) is 11.3 Å². The molecule has 1 heterocycles. The van der Waals surface area contributed by atoms with E-state index < -0.39 is 0 Å². The molecule has 0 bridgehead atoms. The van der Waals surface area contributed by atoms with E-state index in [2.05, 4.69) is 57.7 Å². The number of hydrogen-bond donors (Lipinski definition) is 2. The first-order valence-corrected chi connectivity index (χ1v) is 14.9. The minimum atomic E-state index is -0.0192. The molecule has 4 rings (SSSR count). The predicted molar refractivity (Wildman–Crippen MR) is 157 cm³/mol. The number of hydrogen-bond acceptors (Lipinski definition) is 4. The van der Waals surface area contributed by atoms with Crippen molar-refractivity contribution in [3.8, 4) is 0 Å². The molecule has 1 aliphatic heterocycles. The molecule has 0 unspecified atom stereocenters. The van der Waals surface area contributed by atoms with Crippen molar-refractivity contribution in [3.05, 3.63) is 59.7 Å². The third-order valence-electron chi connectivity index (χ3n) is 7.93. The van der Waals surface area contributed by atoms with E-state index in [9.17, 15) is 9.59 Å². The van der Waals surface area contributed by atoms with Gasteiger partial charge in [0.1, 0.15) is 0 Å². The van der Waals surface area contributed by atoms with Crippen molar-refractivity contribution in [1.29, 1.82) is 0 Å². The number of nitrogens with zero attached hydrogens (tertiary/aromatic N) is 2. The molecular formula is C32H46N4O2. The monoisotopic (exact) mass is 518 g/mol. The normalized spacial score (nSPS) is 16.8. The number of unbranched alkanes of at least 4 members (excludes halogenated alkanes) is 4. The quantitative estimate of drug-likeness (QED) is 0.321. The lowest BCUT2D eigenvalue weighted by Gasteiger charge is -2.37. The zero-order valence-electron chi connectivity index (χ0n) is 23.2. The van der Waals surface area contributed by atoms with Gasteiger partial charge in [0.05, 0.1) is 5.56 Å². The van der Waals surface area contributed by atoms with Crippen LogP contribution in [0.2, 0.25) is 0 Å². The average molecular weight is 519 g/mol. The highest BCUT2D eigenvalue weighted by Gasteiger charge is 2.24. The van der Waals surface area contributed by atoms with Gasteiger partial charge in [-0.3, -0.25) is 14.5 Å². The molecule has 2 aromatic rings. The Labute approximate surface area is 229 Å². The molecule has 2 amide bonds. The molecule has 1 aliphatic carbocycles. The van der Waals surface area contributed by atoms with E-state index in [1.165, 1.54) is 44.1 Å². The third kappa shape index (κ3) is 8.59. The van der Waals surface area contributed by atoms with Crippen LogP contribution in [-0.4, -0.2) is 48.9 Å². The summed E-state index contributed by atoms with van der Waals surface area (Å²) in [6, 6.07) is 16.7. The lowest BCUT2D eigenvalue weighted by Crippen LogP contribution is -2.46. The van der Waals surface area contributed by atoms with Gasteiger partial charge in [-0.1, -0.05) is 82.2 Å². The number of amides is 2. The van der Waals surface area contributed by atoms with Crippen LogP contribution < -0.4 is 15.5 Å². The summed E-state index contributed by atoms with van der Waals surface area (Å²) in [6.07, 6.45) is 11.8.